The summed E-state index contributed by atoms with van der Waals surface area (Å²) in [6.45, 7) is 0. The lowest BCUT2D eigenvalue weighted by Crippen LogP contribution is -2.75. The zero-order chi connectivity index (χ0) is 34.1. The smallest absolute Gasteiger partial charge is 0.180 e. The first-order valence-corrected chi connectivity index (χ1v) is 18.4. The second kappa shape index (κ2) is 12.6. The molecular weight excluding hydrogens is 625 g/mol. The zero-order valence-electron chi connectivity index (χ0n) is 27.0. The summed E-state index contributed by atoms with van der Waals surface area (Å²) in [5, 5.41) is 36.6. The molecule has 0 saturated heterocycles. The third-order valence-corrected chi connectivity index (χ3v) is 14.5. The van der Waals surface area contributed by atoms with Crippen LogP contribution in [0, 0.1) is 34.0 Å². The largest absolute Gasteiger partial charge is 0.309 e. The highest BCUT2D eigenvalue weighted by Gasteiger charge is 2.43. The van der Waals surface area contributed by atoms with Crippen LogP contribution >= 0.6 is 0 Å². The molecule has 5 heteroatoms. The maximum Gasteiger partial charge on any atom is 0.180 e. The van der Waals surface area contributed by atoms with Gasteiger partial charge in [0, 0.05) is 16.3 Å². The summed E-state index contributed by atoms with van der Waals surface area (Å²) in [6.07, 6.45) is 0. The Morgan fingerprint density at radius 1 is 0.400 bits per heavy atom. The van der Waals surface area contributed by atoms with Crippen molar-refractivity contribution in [2.45, 2.75) is 0 Å². The fraction of sp³-hybridized carbons (Fsp3) is 0. The fourth-order valence-electron chi connectivity index (χ4n) is 7.51. The highest BCUT2D eigenvalue weighted by atomic mass is 28.3. The standard InChI is InChI=1S/C45H28N4Si/c46-29-32-21-24-42-40(26-32)41-27-33(30-47)22-25-43(41)49(42)44-28-34(31-48)20-23-38(44)39-18-10-11-19-45(39)50(35-12-4-1-5-13-35,36-14-6-2-7-15-36)37-16-8-3-9-17-37/h1-28H. The molecule has 0 spiro atoms. The van der Waals surface area contributed by atoms with Crippen molar-refractivity contribution in [3.63, 3.8) is 0 Å². The summed E-state index contributed by atoms with van der Waals surface area (Å²) in [7, 11) is -2.94. The third-order valence-electron chi connectivity index (χ3n) is 9.63. The van der Waals surface area contributed by atoms with E-state index in [0.29, 0.717) is 16.7 Å². The Labute approximate surface area is 291 Å². The van der Waals surface area contributed by atoms with Crippen LogP contribution in [-0.4, -0.2) is 12.6 Å². The molecule has 0 aliphatic heterocycles. The quantitative estimate of drug-likeness (QED) is 0.138. The minimum atomic E-state index is -2.94. The molecule has 0 fully saturated rings. The number of rotatable bonds is 6. The average Bonchev–Trinajstić information content (AvgIpc) is 3.52. The van der Waals surface area contributed by atoms with Crippen molar-refractivity contribution >= 4 is 50.6 Å². The van der Waals surface area contributed by atoms with Crippen LogP contribution in [-0.2, 0) is 0 Å². The lowest BCUT2D eigenvalue weighted by Gasteiger charge is -2.36. The second-order valence-corrected chi connectivity index (χ2v) is 16.0. The Bertz CT molecular complexity index is 2510. The van der Waals surface area contributed by atoms with Gasteiger partial charge in [0.25, 0.3) is 0 Å². The minimum absolute atomic E-state index is 0.538. The molecule has 0 aliphatic carbocycles. The Balaban J connectivity index is 1.51. The molecule has 1 heterocycles. The van der Waals surface area contributed by atoms with E-state index in [2.05, 4.69) is 144 Å². The van der Waals surface area contributed by atoms with Gasteiger partial charge in [-0.3, -0.25) is 0 Å². The summed E-state index contributed by atoms with van der Waals surface area (Å²) in [5.74, 6) is 0. The summed E-state index contributed by atoms with van der Waals surface area (Å²) in [6, 6.07) is 65.4. The van der Waals surface area contributed by atoms with Crippen molar-refractivity contribution in [1.82, 2.24) is 4.57 Å². The summed E-state index contributed by atoms with van der Waals surface area (Å²) in [5.41, 5.74) is 6.30. The first-order chi connectivity index (χ1) is 24.7. The van der Waals surface area contributed by atoms with Gasteiger partial charge in [-0.25, -0.2) is 0 Å². The van der Waals surface area contributed by atoms with Gasteiger partial charge in [-0.1, -0.05) is 121 Å². The molecule has 0 atom stereocenters. The topological polar surface area (TPSA) is 76.3 Å². The van der Waals surface area contributed by atoms with E-state index in [4.69, 9.17) is 0 Å². The first kappa shape index (κ1) is 30.4. The lowest BCUT2D eigenvalue weighted by atomic mass is 10.0. The molecule has 8 rings (SSSR count). The molecule has 0 amide bonds. The molecule has 0 radical (unpaired) electrons. The Morgan fingerprint density at radius 2 is 0.820 bits per heavy atom. The second-order valence-electron chi connectivity index (χ2n) is 12.3. The van der Waals surface area contributed by atoms with Gasteiger partial charge in [-0.05, 0) is 74.8 Å². The number of fused-ring (bicyclic) bond motifs is 3. The van der Waals surface area contributed by atoms with Crippen molar-refractivity contribution < 1.29 is 0 Å². The number of hydrogen-bond acceptors (Lipinski definition) is 3. The van der Waals surface area contributed by atoms with Crippen LogP contribution in [0.3, 0.4) is 0 Å². The van der Waals surface area contributed by atoms with Crippen molar-refractivity contribution in [3.05, 3.63) is 187 Å². The van der Waals surface area contributed by atoms with E-state index in [0.717, 1.165) is 38.6 Å². The SMILES string of the molecule is N#Cc1ccc(-c2ccccc2[Si](c2ccccc2)(c2ccccc2)c2ccccc2)c(-n2c3ccc(C#N)cc3c3cc(C#N)ccc32)c1. The van der Waals surface area contributed by atoms with Gasteiger partial charge in [0.15, 0.2) is 8.07 Å². The van der Waals surface area contributed by atoms with Gasteiger partial charge in [0.05, 0.1) is 51.6 Å². The van der Waals surface area contributed by atoms with Crippen LogP contribution in [0.5, 0.6) is 0 Å². The molecule has 1 aromatic heterocycles. The average molecular weight is 653 g/mol. The Kier molecular flexibility index (Phi) is 7.63. The molecule has 4 nitrogen and oxygen atoms in total. The molecule has 232 valence electrons. The fourth-order valence-corrected chi connectivity index (χ4v) is 12.5. The van der Waals surface area contributed by atoms with Gasteiger partial charge in [0.2, 0.25) is 0 Å². The van der Waals surface area contributed by atoms with E-state index < -0.39 is 8.07 Å². The molecule has 0 aliphatic rings. The Morgan fingerprint density at radius 3 is 1.30 bits per heavy atom. The summed E-state index contributed by atoms with van der Waals surface area (Å²) < 4.78 is 2.18. The molecule has 0 bridgehead atoms. The van der Waals surface area contributed by atoms with E-state index in [-0.39, 0.29) is 0 Å². The van der Waals surface area contributed by atoms with Crippen molar-refractivity contribution in [3.8, 4) is 35.0 Å². The van der Waals surface area contributed by atoms with E-state index in [1.54, 1.807) is 0 Å². The Hall–Kier alpha value is -6.97. The molecule has 0 unspecified atom stereocenters. The number of aromatic nitrogens is 1. The van der Waals surface area contributed by atoms with Gasteiger partial charge in [0.1, 0.15) is 0 Å². The molecule has 7 aromatic carbocycles. The van der Waals surface area contributed by atoms with Crippen LogP contribution in [0.1, 0.15) is 16.7 Å². The van der Waals surface area contributed by atoms with Crippen molar-refractivity contribution in [1.29, 1.82) is 15.8 Å². The van der Waals surface area contributed by atoms with Gasteiger partial charge >= 0.3 is 0 Å². The zero-order valence-corrected chi connectivity index (χ0v) is 28.0. The van der Waals surface area contributed by atoms with Gasteiger partial charge < -0.3 is 4.57 Å². The first-order valence-electron chi connectivity index (χ1n) is 16.4. The third kappa shape index (κ3) is 4.80. The van der Waals surface area contributed by atoms with Crippen LogP contribution in [0.25, 0.3) is 38.6 Å². The highest BCUT2D eigenvalue weighted by Crippen LogP contribution is 2.37. The van der Waals surface area contributed by atoms with Crippen LogP contribution in [0.4, 0.5) is 0 Å². The molecule has 8 aromatic rings. The van der Waals surface area contributed by atoms with Crippen molar-refractivity contribution in [2.75, 3.05) is 0 Å². The normalized spacial score (nSPS) is 11.1. The van der Waals surface area contributed by atoms with E-state index >= 15 is 0 Å². The number of benzene rings is 7. The maximum atomic E-state index is 10.2. The summed E-state index contributed by atoms with van der Waals surface area (Å²) in [4.78, 5) is 0. The van der Waals surface area contributed by atoms with Crippen molar-refractivity contribution in [2.24, 2.45) is 0 Å². The predicted molar refractivity (Wildman–Crippen MR) is 204 cm³/mol. The lowest BCUT2D eigenvalue weighted by molar-refractivity contribution is 1.18. The van der Waals surface area contributed by atoms with Gasteiger partial charge in [-0.15, -0.1) is 0 Å². The van der Waals surface area contributed by atoms with E-state index in [9.17, 15) is 15.8 Å². The molecule has 0 saturated carbocycles. The van der Waals surface area contributed by atoms with E-state index in [1.807, 2.05) is 48.5 Å². The highest BCUT2D eigenvalue weighted by molar-refractivity contribution is 7.20. The van der Waals surface area contributed by atoms with Gasteiger partial charge in [-0.2, -0.15) is 15.8 Å². The van der Waals surface area contributed by atoms with Crippen LogP contribution < -0.4 is 20.7 Å². The predicted octanol–water partition coefficient (Wildman–Crippen LogP) is 7.44. The number of hydrogen-bond donors (Lipinski definition) is 0. The molecule has 50 heavy (non-hydrogen) atoms. The molecular formula is C45H28N4Si. The van der Waals surface area contributed by atoms with Crippen LogP contribution in [0.2, 0.25) is 0 Å². The number of nitrogens with zero attached hydrogens (tertiary/aromatic N) is 4. The summed E-state index contributed by atoms with van der Waals surface area (Å²) >= 11 is 0. The monoisotopic (exact) mass is 652 g/mol. The molecule has 0 N–H and O–H groups in total. The van der Waals surface area contributed by atoms with Crippen LogP contribution in [0.15, 0.2) is 170 Å². The van der Waals surface area contributed by atoms with E-state index in [1.165, 1.54) is 20.7 Å². The minimum Gasteiger partial charge on any atom is -0.309 e. The number of nitriles is 3. The maximum absolute atomic E-state index is 10.2.